The van der Waals surface area contributed by atoms with E-state index in [1.807, 2.05) is 50.6 Å². The third-order valence-electron chi connectivity index (χ3n) is 2.96. The number of benzene rings is 1. The highest BCUT2D eigenvalue weighted by atomic mass is 16.5. The first-order valence-corrected chi connectivity index (χ1v) is 7.18. The molecule has 0 radical (unpaired) electrons. The van der Waals surface area contributed by atoms with Crippen LogP contribution in [0.15, 0.2) is 36.8 Å². The zero-order chi connectivity index (χ0) is 14.4. The fourth-order valence-corrected chi connectivity index (χ4v) is 2.05. The average Bonchev–Trinajstić information content (AvgIpc) is 2.85. The van der Waals surface area contributed by atoms with Gasteiger partial charge in [0.15, 0.2) is 0 Å². The minimum absolute atomic E-state index is 0.206. The van der Waals surface area contributed by atoms with Crippen molar-refractivity contribution < 1.29 is 4.74 Å². The summed E-state index contributed by atoms with van der Waals surface area (Å²) in [6, 6.07) is 8.06. The van der Waals surface area contributed by atoms with E-state index < -0.39 is 0 Å². The molecule has 1 heterocycles. The summed E-state index contributed by atoms with van der Waals surface area (Å²) in [5.74, 6) is 0.904. The van der Waals surface area contributed by atoms with Crippen molar-refractivity contribution in [2.45, 2.75) is 46.4 Å². The first-order valence-electron chi connectivity index (χ1n) is 7.18. The monoisotopic (exact) mass is 273 g/mol. The molecule has 0 unspecified atom stereocenters. The largest absolute Gasteiger partial charge is 0.491 e. The molecule has 0 spiro atoms. The Bertz CT molecular complexity index is 517. The molecule has 108 valence electrons. The Morgan fingerprint density at radius 3 is 2.65 bits per heavy atom. The molecule has 0 aliphatic heterocycles. The van der Waals surface area contributed by atoms with Gasteiger partial charge in [0.25, 0.3) is 0 Å². The summed E-state index contributed by atoms with van der Waals surface area (Å²) in [6.07, 6.45) is 5.13. The van der Waals surface area contributed by atoms with Gasteiger partial charge >= 0.3 is 0 Å². The van der Waals surface area contributed by atoms with Crippen molar-refractivity contribution >= 4 is 5.69 Å². The number of aryl methyl sites for hydroxylation is 1. The van der Waals surface area contributed by atoms with E-state index in [9.17, 15) is 0 Å². The molecule has 1 N–H and O–H groups in total. The van der Waals surface area contributed by atoms with Crippen LogP contribution in [0, 0.1) is 0 Å². The number of anilines is 1. The van der Waals surface area contributed by atoms with Gasteiger partial charge in [0.1, 0.15) is 5.75 Å². The maximum atomic E-state index is 5.63. The summed E-state index contributed by atoms with van der Waals surface area (Å²) >= 11 is 0. The van der Waals surface area contributed by atoms with Gasteiger partial charge in [-0.05, 0) is 44.5 Å². The van der Waals surface area contributed by atoms with Gasteiger partial charge in [-0.15, -0.1) is 0 Å². The average molecular weight is 273 g/mol. The van der Waals surface area contributed by atoms with Crippen LogP contribution < -0.4 is 10.1 Å². The number of imidazole rings is 1. The number of nitrogens with one attached hydrogen (secondary N) is 1. The number of hydrogen-bond acceptors (Lipinski definition) is 3. The van der Waals surface area contributed by atoms with Gasteiger partial charge in [-0.25, -0.2) is 4.98 Å². The minimum atomic E-state index is 0.206. The van der Waals surface area contributed by atoms with E-state index in [4.69, 9.17) is 4.74 Å². The molecule has 20 heavy (non-hydrogen) atoms. The molecular weight excluding hydrogens is 250 g/mol. The fraction of sp³-hybridized carbons (Fsp3) is 0.438. The van der Waals surface area contributed by atoms with Crippen molar-refractivity contribution in [2.24, 2.45) is 0 Å². The Labute approximate surface area is 120 Å². The highest BCUT2D eigenvalue weighted by Gasteiger charge is 2.02. The maximum Gasteiger partial charge on any atom is 0.119 e. The summed E-state index contributed by atoms with van der Waals surface area (Å²) in [5.41, 5.74) is 2.29. The quantitative estimate of drug-likeness (QED) is 0.836. The third kappa shape index (κ3) is 4.02. The molecule has 1 aromatic carbocycles. The molecule has 0 bridgehead atoms. The van der Waals surface area contributed by atoms with Crippen molar-refractivity contribution in [1.29, 1.82) is 0 Å². The highest BCUT2D eigenvalue weighted by Crippen LogP contribution is 2.17. The van der Waals surface area contributed by atoms with Gasteiger partial charge in [0.2, 0.25) is 0 Å². The minimum Gasteiger partial charge on any atom is -0.491 e. The summed E-state index contributed by atoms with van der Waals surface area (Å²) in [6.45, 7) is 8.02. The van der Waals surface area contributed by atoms with Crippen LogP contribution in [-0.4, -0.2) is 15.7 Å². The lowest BCUT2D eigenvalue weighted by Gasteiger charge is -2.12. The van der Waals surface area contributed by atoms with E-state index in [2.05, 4.69) is 21.8 Å². The van der Waals surface area contributed by atoms with Crippen LogP contribution in [0.1, 0.15) is 32.9 Å². The van der Waals surface area contributed by atoms with E-state index in [1.54, 1.807) is 0 Å². The van der Waals surface area contributed by atoms with Crippen LogP contribution in [0.2, 0.25) is 0 Å². The summed E-state index contributed by atoms with van der Waals surface area (Å²) in [7, 11) is 0. The van der Waals surface area contributed by atoms with E-state index >= 15 is 0 Å². The van der Waals surface area contributed by atoms with Gasteiger partial charge < -0.3 is 14.6 Å². The summed E-state index contributed by atoms with van der Waals surface area (Å²) < 4.78 is 7.81. The molecule has 1 aromatic heterocycles. The fourth-order valence-electron chi connectivity index (χ4n) is 2.05. The van der Waals surface area contributed by atoms with Crippen molar-refractivity contribution in [2.75, 3.05) is 5.32 Å². The topological polar surface area (TPSA) is 39.1 Å². The van der Waals surface area contributed by atoms with Crippen LogP contribution in [0.3, 0.4) is 0 Å². The Kier molecular flexibility index (Phi) is 5.04. The number of rotatable bonds is 7. The normalized spacial score (nSPS) is 10.8. The molecule has 0 fully saturated rings. The molecule has 0 amide bonds. The molecule has 0 atom stereocenters. The van der Waals surface area contributed by atoms with Gasteiger partial charge in [-0.3, -0.25) is 0 Å². The Hall–Kier alpha value is -1.97. The smallest absolute Gasteiger partial charge is 0.119 e. The molecule has 0 saturated heterocycles. The zero-order valence-corrected chi connectivity index (χ0v) is 12.5. The number of hydrogen-bond donors (Lipinski definition) is 1. The number of nitrogens with zero attached hydrogens (tertiary/aromatic N) is 2. The molecule has 4 nitrogen and oxygen atoms in total. The SMILES string of the molecule is CCCn1cncc1CNc1ccc(OC(C)C)cc1. The van der Waals surface area contributed by atoms with Crippen LogP contribution >= 0.6 is 0 Å². The van der Waals surface area contributed by atoms with Gasteiger partial charge in [0, 0.05) is 18.4 Å². The second-order valence-corrected chi connectivity index (χ2v) is 5.12. The predicted octanol–water partition coefficient (Wildman–Crippen LogP) is 3.69. The Morgan fingerprint density at radius 2 is 2.00 bits per heavy atom. The Morgan fingerprint density at radius 1 is 1.25 bits per heavy atom. The van der Waals surface area contributed by atoms with E-state index in [0.29, 0.717) is 0 Å². The molecule has 4 heteroatoms. The van der Waals surface area contributed by atoms with E-state index in [0.717, 1.165) is 30.9 Å². The van der Waals surface area contributed by atoms with Crippen LogP contribution in [-0.2, 0) is 13.1 Å². The molecule has 0 saturated carbocycles. The molecular formula is C16H23N3O. The van der Waals surface area contributed by atoms with Crippen molar-refractivity contribution in [1.82, 2.24) is 9.55 Å². The Balaban J connectivity index is 1.92. The van der Waals surface area contributed by atoms with Gasteiger partial charge in [0.05, 0.1) is 24.7 Å². The van der Waals surface area contributed by atoms with Crippen LogP contribution in [0.5, 0.6) is 5.75 Å². The zero-order valence-electron chi connectivity index (χ0n) is 12.5. The molecule has 0 aliphatic rings. The van der Waals surface area contributed by atoms with E-state index in [-0.39, 0.29) is 6.10 Å². The predicted molar refractivity (Wildman–Crippen MR) is 82.1 cm³/mol. The van der Waals surface area contributed by atoms with Gasteiger partial charge in [-0.1, -0.05) is 6.92 Å². The summed E-state index contributed by atoms with van der Waals surface area (Å²) in [4.78, 5) is 4.20. The van der Waals surface area contributed by atoms with Crippen LogP contribution in [0.25, 0.3) is 0 Å². The van der Waals surface area contributed by atoms with Crippen molar-refractivity contribution in [3.05, 3.63) is 42.5 Å². The number of aromatic nitrogens is 2. The lowest BCUT2D eigenvalue weighted by Crippen LogP contribution is -2.07. The second-order valence-electron chi connectivity index (χ2n) is 5.12. The van der Waals surface area contributed by atoms with Gasteiger partial charge in [-0.2, -0.15) is 0 Å². The second kappa shape index (κ2) is 6.98. The molecule has 2 rings (SSSR count). The standard InChI is InChI=1S/C16H23N3O/c1-4-9-19-12-17-10-15(19)11-18-14-5-7-16(8-6-14)20-13(2)3/h5-8,10,12-13,18H,4,9,11H2,1-3H3. The van der Waals surface area contributed by atoms with E-state index in [1.165, 1.54) is 5.69 Å². The molecule has 2 aromatic rings. The lowest BCUT2D eigenvalue weighted by atomic mass is 10.3. The summed E-state index contributed by atoms with van der Waals surface area (Å²) in [5, 5.41) is 3.41. The molecule has 0 aliphatic carbocycles. The van der Waals surface area contributed by atoms with Crippen molar-refractivity contribution in [3.63, 3.8) is 0 Å². The first-order chi connectivity index (χ1) is 9.69. The first kappa shape index (κ1) is 14.4. The number of ether oxygens (including phenoxy) is 1. The maximum absolute atomic E-state index is 5.63. The lowest BCUT2D eigenvalue weighted by molar-refractivity contribution is 0.242. The van der Waals surface area contributed by atoms with Crippen LogP contribution in [0.4, 0.5) is 5.69 Å². The van der Waals surface area contributed by atoms with Crippen molar-refractivity contribution in [3.8, 4) is 5.75 Å². The third-order valence-corrected chi connectivity index (χ3v) is 2.96. The highest BCUT2D eigenvalue weighted by molar-refractivity contribution is 5.46.